The van der Waals surface area contributed by atoms with E-state index < -0.39 is 11.9 Å². The fourth-order valence-corrected chi connectivity index (χ4v) is 4.20. The molecule has 0 spiro atoms. The van der Waals surface area contributed by atoms with Gasteiger partial charge in [-0.3, -0.25) is 14.5 Å². The number of hydrogen-bond acceptors (Lipinski definition) is 6. The Kier molecular flexibility index (Phi) is 4.64. The summed E-state index contributed by atoms with van der Waals surface area (Å²) in [5.74, 6) is 0.00122. The molecule has 0 aliphatic carbocycles. The summed E-state index contributed by atoms with van der Waals surface area (Å²) in [6.07, 6.45) is 0. The number of aryl methyl sites for hydroxylation is 1. The summed E-state index contributed by atoms with van der Waals surface area (Å²) in [5, 5.41) is 10.7. The van der Waals surface area contributed by atoms with Crippen molar-refractivity contribution in [3.63, 3.8) is 0 Å². The second-order valence-corrected chi connectivity index (χ2v) is 7.90. The number of anilines is 1. The third-order valence-corrected chi connectivity index (χ3v) is 5.71. The van der Waals surface area contributed by atoms with Crippen molar-refractivity contribution in [1.82, 2.24) is 4.98 Å². The van der Waals surface area contributed by atoms with Gasteiger partial charge in [0.1, 0.15) is 11.4 Å². The van der Waals surface area contributed by atoms with Crippen LogP contribution in [0.4, 0.5) is 5.82 Å². The molecule has 0 unspecified atom stereocenters. The number of fused-ring (bicyclic) bond motifs is 2. The van der Waals surface area contributed by atoms with Crippen molar-refractivity contribution in [1.29, 1.82) is 0 Å². The summed E-state index contributed by atoms with van der Waals surface area (Å²) in [6, 6.07) is 13.8. The zero-order valence-corrected chi connectivity index (χ0v) is 17.9. The molecular formula is C24H17ClN2O5. The van der Waals surface area contributed by atoms with Gasteiger partial charge in [0.15, 0.2) is 16.9 Å². The number of methoxy groups -OCH3 is 1. The molecule has 1 aliphatic rings. The first-order valence-corrected chi connectivity index (χ1v) is 10.2. The highest BCUT2D eigenvalue weighted by Crippen LogP contribution is 2.42. The number of aromatic hydroxyl groups is 1. The van der Waals surface area contributed by atoms with Crippen LogP contribution >= 0.6 is 11.6 Å². The lowest BCUT2D eigenvalue weighted by atomic mass is 9.98. The van der Waals surface area contributed by atoms with Crippen LogP contribution in [0.15, 0.2) is 63.8 Å². The number of carbonyl (C=O) groups excluding carboxylic acids is 1. The number of ether oxygens (including phenoxy) is 1. The van der Waals surface area contributed by atoms with Crippen molar-refractivity contribution in [2.45, 2.75) is 13.0 Å². The molecule has 0 bridgehead atoms. The maximum Gasteiger partial charge on any atom is 0.296 e. The van der Waals surface area contributed by atoms with E-state index in [0.29, 0.717) is 22.1 Å². The summed E-state index contributed by atoms with van der Waals surface area (Å²) >= 11 is 6.11. The molecule has 0 fully saturated rings. The number of carbonyl (C=O) groups is 1. The Labute approximate surface area is 187 Å². The normalized spacial score (nSPS) is 15.3. The van der Waals surface area contributed by atoms with Gasteiger partial charge in [-0.1, -0.05) is 23.7 Å². The van der Waals surface area contributed by atoms with Gasteiger partial charge in [0.25, 0.3) is 5.91 Å². The van der Waals surface area contributed by atoms with E-state index in [9.17, 15) is 14.7 Å². The van der Waals surface area contributed by atoms with Gasteiger partial charge < -0.3 is 14.3 Å². The Morgan fingerprint density at radius 1 is 1.12 bits per heavy atom. The Balaban J connectivity index is 1.83. The van der Waals surface area contributed by atoms with Crippen LogP contribution in [-0.2, 0) is 0 Å². The summed E-state index contributed by atoms with van der Waals surface area (Å²) in [5.41, 5.74) is 1.37. The van der Waals surface area contributed by atoms with Crippen molar-refractivity contribution in [3.8, 4) is 11.5 Å². The van der Waals surface area contributed by atoms with Crippen LogP contribution in [0.3, 0.4) is 0 Å². The summed E-state index contributed by atoms with van der Waals surface area (Å²) < 4.78 is 11.2. The maximum atomic E-state index is 13.6. The summed E-state index contributed by atoms with van der Waals surface area (Å²) in [4.78, 5) is 33.0. The number of halogens is 1. The fraction of sp³-hybridized carbons (Fsp3) is 0.125. The Morgan fingerprint density at radius 2 is 1.94 bits per heavy atom. The first-order valence-electron chi connectivity index (χ1n) is 9.79. The minimum Gasteiger partial charge on any atom is -0.504 e. The molecule has 160 valence electrons. The van der Waals surface area contributed by atoms with E-state index in [-0.39, 0.29) is 39.2 Å². The van der Waals surface area contributed by atoms with Gasteiger partial charge in [0, 0.05) is 10.7 Å². The molecule has 2 aromatic heterocycles. The third-order valence-electron chi connectivity index (χ3n) is 5.47. The molecule has 1 atom stereocenters. The van der Waals surface area contributed by atoms with Gasteiger partial charge in [0.2, 0.25) is 5.76 Å². The van der Waals surface area contributed by atoms with Crippen LogP contribution in [0.2, 0.25) is 5.02 Å². The number of phenolic OH excluding ortho intramolecular Hbond substituents is 1. The molecule has 7 nitrogen and oxygen atoms in total. The molecule has 0 saturated carbocycles. The molecule has 5 rings (SSSR count). The second kappa shape index (κ2) is 7.39. The van der Waals surface area contributed by atoms with Crippen molar-refractivity contribution in [3.05, 3.63) is 92.4 Å². The van der Waals surface area contributed by atoms with Gasteiger partial charge in [-0.15, -0.1) is 0 Å². The van der Waals surface area contributed by atoms with Crippen molar-refractivity contribution >= 4 is 34.3 Å². The minimum atomic E-state index is -0.832. The van der Waals surface area contributed by atoms with Crippen LogP contribution in [-0.4, -0.2) is 23.1 Å². The molecular weight excluding hydrogens is 432 g/mol. The van der Waals surface area contributed by atoms with E-state index in [2.05, 4.69) is 4.98 Å². The largest absolute Gasteiger partial charge is 0.504 e. The average molecular weight is 449 g/mol. The zero-order chi connectivity index (χ0) is 22.6. The van der Waals surface area contributed by atoms with E-state index in [0.717, 1.165) is 0 Å². The van der Waals surface area contributed by atoms with Gasteiger partial charge in [-0.2, -0.15) is 0 Å². The minimum absolute atomic E-state index is 0.0508. The maximum absolute atomic E-state index is 13.6. The number of hydrogen-bond donors (Lipinski definition) is 1. The Morgan fingerprint density at radius 3 is 2.69 bits per heavy atom. The van der Waals surface area contributed by atoms with E-state index in [4.69, 9.17) is 20.8 Å². The predicted octanol–water partition coefficient (Wildman–Crippen LogP) is 4.61. The lowest BCUT2D eigenvalue weighted by Gasteiger charge is -2.24. The lowest BCUT2D eigenvalue weighted by Crippen LogP contribution is -2.30. The van der Waals surface area contributed by atoms with E-state index in [1.54, 1.807) is 36.4 Å². The Bertz CT molecular complexity index is 1460. The first-order chi connectivity index (χ1) is 15.4. The SMILES string of the molecule is COc1cc([C@H]2c3c(oc4ccc(Cl)cc4c3=O)C(=O)N2c2cccc(C)n2)ccc1O. The number of amides is 1. The smallest absolute Gasteiger partial charge is 0.296 e. The predicted molar refractivity (Wildman–Crippen MR) is 120 cm³/mol. The molecule has 1 N–H and O–H groups in total. The quantitative estimate of drug-likeness (QED) is 0.492. The number of aromatic nitrogens is 1. The number of nitrogens with zero attached hydrogens (tertiary/aromatic N) is 2. The second-order valence-electron chi connectivity index (χ2n) is 7.46. The highest BCUT2D eigenvalue weighted by Gasteiger charge is 2.44. The highest BCUT2D eigenvalue weighted by atomic mass is 35.5. The molecule has 0 saturated heterocycles. The molecule has 3 heterocycles. The Hall–Kier alpha value is -3.84. The van der Waals surface area contributed by atoms with Gasteiger partial charge in [-0.25, -0.2) is 4.98 Å². The summed E-state index contributed by atoms with van der Waals surface area (Å²) in [7, 11) is 1.43. The summed E-state index contributed by atoms with van der Waals surface area (Å²) in [6.45, 7) is 1.81. The average Bonchev–Trinajstić information content (AvgIpc) is 3.07. The molecule has 4 aromatic rings. The zero-order valence-electron chi connectivity index (χ0n) is 17.1. The molecule has 0 radical (unpaired) electrons. The van der Waals surface area contributed by atoms with E-state index >= 15 is 0 Å². The monoisotopic (exact) mass is 448 g/mol. The van der Waals surface area contributed by atoms with Crippen LogP contribution in [0.1, 0.15) is 33.4 Å². The number of phenols is 1. The highest BCUT2D eigenvalue weighted by molar-refractivity contribution is 6.31. The van der Waals surface area contributed by atoms with Crippen LogP contribution < -0.4 is 15.1 Å². The lowest BCUT2D eigenvalue weighted by molar-refractivity contribution is 0.0970. The molecule has 8 heteroatoms. The topological polar surface area (TPSA) is 92.9 Å². The van der Waals surface area contributed by atoms with Crippen LogP contribution in [0.5, 0.6) is 11.5 Å². The first kappa shape index (κ1) is 20.1. The van der Waals surface area contributed by atoms with Crippen molar-refractivity contribution in [2.75, 3.05) is 12.0 Å². The number of pyridine rings is 1. The van der Waals surface area contributed by atoms with Crippen molar-refractivity contribution < 1.29 is 19.1 Å². The van der Waals surface area contributed by atoms with E-state index in [1.165, 1.54) is 24.1 Å². The molecule has 1 aliphatic heterocycles. The molecule has 32 heavy (non-hydrogen) atoms. The van der Waals surface area contributed by atoms with Crippen LogP contribution in [0, 0.1) is 6.92 Å². The van der Waals surface area contributed by atoms with Gasteiger partial charge >= 0.3 is 0 Å². The standard InChI is InChI=1S/C24H17ClN2O5/c1-12-4-3-5-19(26-12)27-21(13-6-8-16(28)18(10-13)31-2)20-22(29)15-11-14(25)7-9-17(15)32-23(20)24(27)30/h3-11,21,28H,1-2H3/t21-/m0/s1. The third kappa shape index (κ3) is 3.01. The fourth-order valence-electron chi connectivity index (χ4n) is 4.02. The number of rotatable bonds is 3. The molecule has 1 amide bonds. The van der Waals surface area contributed by atoms with Gasteiger partial charge in [0.05, 0.1) is 24.1 Å². The van der Waals surface area contributed by atoms with Crippen LogP contribution in [0.25, 0.3) is 11.0 Å². The van der Waals surface area contributed by atoms with Crippen molar-refractivity contribution in [2.24, 2.45) is 0 Å². The van der Waals surface area contributed by atoms with Gasteiger partial charge in [-0.05, 0) is 55.0 Å². The number of benzene rings is 2. The van der Waals surface area contributed by atoms with E-state index in [1.807, 2.05) is 13.0 Å². The molecule has 2 aromatic carbocycles.